The standard InChI is InChI=1S/C14H22N4O2/c1-3-14-9-16(5-6-18(14)13(19)20-10-14)8-12-7-15-11-17(12)4-2/h7,11H,3-6,8-10H2,1-2H3. The van der Waals surface area contributed by atoms with Gasteiger partial charge in [-0.15, -0.1) is 0 Å². The van der Waals surface area contributed by atoms with Gasteiger partial charge >= 0.3 is 6.09 Å². The van der Waals surface area contributed by atoms with E-state index in [-0.39, 0.29) is 11.6 Å². The number of hydrogen-bond acceptors (Lipinski definition) is 4. The van der Waals surface area contributed by atoms with E-state index < -0.39 is 0 Å². The average Bonchev–Trinajstić information content (AvgIpc) is 3.04. The number of amides is 1. The summed E-state index contributed by atoms with van der Waals surface area (Å²) < 4.78 is 7.43. The first-order valence-corrected chi connectivity index (χ1v) is 7.34. The fourth-order valence-corrected chi connectivity index (χ4v) is 3.28. The van der Waals surface area contributed by atoms with Gasteiger partial charge in [0.05, 0.1) is 17.6 Å². The van der Waals surface area contributed by atoms with Crippen LogP contribution >= 0.6 is 0 Å². The van der Waals surface area contributed by atoms with Crippen LogP contribution in [-0.4, -0.2) is 57.2 Å². The van der Waals surface area contributed by atoms with Gasteiger partial charge in [0.25, 0.3) is 0 Å². The first kappa shape index (κ1) is 13.4. The molecule has 6 nitrogen and oxygen atoms in total. The minimum Gasteiger partial charge on any atom is -0.447 e. The Labute approximate surface area is 119 Å². The molecule has 3 heterocycles. The van der Waals surface area contributed by atoms with Crippen LogP contribution in [0.5, 0.6) is 0 Å². The SMILES string of the molecule is CCn1cncc1CN1CCN2C(=O)OCC2(CC)C1. The summed E-state index contributed by atoms with van der Waals surface area (Å²) in [7, 11) is 0. The third-order valence-electron chi connectivity index (χ3n) is 4.60. The molecule has 2 aliphatic rings. The second-order valence-electron chi connectivity index (χ2n) is 5.67. The van der Waals surface area contributed by atoms with Crippen molar-refractivity contribution in [2.75, 3.05) is 26.2 Å². The van der Waals surface area contributed by atoms with Gasteiger partial charge in [0, 0.05) is 38.9 Å². The maximum absolute atomic E-state index is 11.8. The summed E-state index contributed by atoms with van der Waals surface area (Å²) in [5.74, 6) is 0. The van der Waals surface area contributed by atoms with Crippen molar-refractivity contribution in [3.63, 3.8) is 0 Å². The lowest BCUT2D eigenvalue weighted by Gasteiger charge is -2.44. The van der Waals surface area contributed by atoms with Crippen LogP contribution in [0.3, 0.4) is 0 Å². The van der Waals surface area contributed by atoms with E-state index in [1.54, 1.807) is 0 Å². The highest BCUT2D eigenvalue weighted by atomic mass is 16.6. The highest BCUT2D eigenvalue weighted by molar-refractivity contribution is 5.71. The van der Waals surface area contributed by atoms with Gasteiger partial charge in [-0.3, -0.25) is 9.80 Å². The molecule has 2 aliphatic heterocycles. The summed E-state index contributed by atoms with van der Waals surface area (Å²) in [5, 5.41) is 0. The zero-order chi connectivity index (χ0) is 14.2. The van der Waals surface area contributed by atoms with Crippen LogP contribution in [0.4, 0.5) is 4.79 Å². The monoisotopic (exact) mass is 278 g/mol. The molecule has 20 heavy (non-hydrogen) atoms. The minimum absolute atomic E-state index is 0.133. The molecule has 1 atom stereocenters. The molecule has 0 N–H and O–H groups in total. The van der Waals surface area contributed by atoms with Crippen LogP contribution in [0.15, 0.2) is 12.5 Å². The Balaban J connectivity index is 1.73. The molecule has 2 fully saturated rings. The number of fused-ring (bicyclic) bond motifs is 1. The van der Waals surface area contributed by atoms with Gasteiger partial charge in [-0.2, -0.15) is 0 Å². The predicted molar refractivity (Wildman–Crippen MR) is 74.3 cm³/mol. The maximum atomic E-state index is 11.8. The van der Waals surface area contributed by atoms with E-state index in [1.807, 2.05) is 17.4 Å². The zero-order valence-electron chi connectivity index (χ0n) is 12.2. The van der Waals surface area contributed by atoms with Gasteiger partial charge < -0.3 is 9.30 Å². The van der Waals surface area contributed by atoms with Crippen molar-refractivity contribution >= 4 is 6.09 Å². The van der Waals surface area contributed by atoms with Crippen molar-refractivity contribution in [1.82, 2.24) is 19.4 Å². The number of aryl methyl sites for hydroxylation is 1. The number of carbonyl (C=O) groups is 1. The van der Waals surface area contributed by atoms with Gasteiger partial charge in [0.1, 0.15) is 6.61 Å². The highest BCUT2D eigenvalue weighted by Crippen LogP contribution is 2.32. The Hall–Kier alpha value is -1.56. The smallest absolute Gasteiger partial charge is 0.410 e. The molecule has 0 radical (unpaired) electrons. The van der Waals surface area contributed by atoms with E-state index in [0.29, 0.717) is 6.61 Å². The molecule has 0 aromatic carbocycles. The number of cyclic esters (lactones) is 1. The summed E-state index contributed by atoms with van der Waals surface area (Å²) in [6.07, 6.45) is 4.60. The molecule has 1 aromatic rings. The Morgan fingerprint density at radius 1 is 1.40 bits per heavy atom. The molecule has 0 bridgehead atoms. The summed E-state index contributed by atoms with van der Waals surface area (Å²) in [6.45, 7) is 9.14. The quantitative estimate of drug-likeness (QED) is 0.833. The van der Waals surface area contributed by atoms with Gasteiger partial charge in [-0.25, -0.2) is 9.78 Å². The molecule has 6 heteroatoms. The molecule has 2 saturated heterocycles. The largest absolute Gasteiger partial charge is 0.447 e. The first-order chi connectivity index (χ1) is 9.68. The van der Waals surface area contributed by atoms with Crippen LogP contribution in [-0.2, 0) is 17.8 Å². The predicted octanol–water partition coefficient (Wildman–Crippen LogP) is 1.32. The van der Waals surface area contributed by atoms with E-state index in [4.69, 9.17) is 4.74 Å². The zero-order valence-corrected chi connectivity index (χ0v) is 12.2. The van der Waals surface area contributed by atoms with Crippen molar-refractivity contribution in [2.24, 2.45) is 0 Å². The molecule has 0 saturated carbocycles. The van der Waals surface area contributed by atoms with E-state index >= 15 is 0 Å². The van der Waals surface area contributed by atoms with Crippen molar-refractivity contribution < 1.29 is 9.53 Å². The summed E-state index contributed by atoms with van der Waals surface area (Å²) >= 11 is 0. The maximum Gasteiger partial charge on any atom is 0.410 e. The van der Waals surface area contributed by atoms with E-state index in [0.717, 1.165) is 39.1 Å². The Morgan fingerprint density at radius 3 is 3.00 bits per heavy atom. The molecule has 1 amide bonds. The van der Waals surface area contributed by atoms with Gasteiger partial charge in [0.15, 0.2) is 0 Å². The number of ether oxygens (including phenoxy) is 1. The molecule has 1 unspecified atom stereocenters. The van der Waals surface area contributed by atoms with Crippen molar-refractivity contribution in [3.05, 3.63) is 18.2 Å². The summed E-state index contributed by atoms with van der Waals surface area (Å²) in [6, 6.07) is 0. The lowest BCUT2D eigenvalue weighted by molar-refractivity contribution is 0.0438. The Morgan fingerprint density at radius 2 is 2.25 bits per heavy atom. The van der Waals surface area contributed by atoms with E-state index in [9.17, 15) is 4.79 Å². The molecule has 0 spiro atoms. The lowest BCUT2D eigenvalue weighted by atomic mass is 9.93. The third-order valence-corrected chi connectivity index (χ3v) is 4.60. The molecule has 3 rings (SSSR count). The Kier molecular flexibility index (Phi) is 3.41. The fraction of sp³-hybridized carbons (Fsp3) is 0.714. The highest BCUT2D eigenvalue weighted by Gasteiger charge is 2.49. The van der Waals surface area contributed by atoms with Crippen molar-refractivity contribution in [3.8, 4) is 0 Å². The number of imidazole rings is 1. The fourth-order valence-electron chi connectivity index (χ4n) is 3.28. The average molecular weight is 278 g/mol. The van der Waals surface area contributed by atoms with Crippen LogP contribution in [0.2, 0.25) is 0 Å². The number of nitrogens with zero attached hydrogens (tertiary/aromatic N) is 4. The molecular weight excluding hydrogens is 256 g/mol. The van der Waals surface area contributed by atoms with Crippen LogP contribution < -0.4 is 0 Å². The molecular formula is C14H22N4O2. The van der Waals surface area contributed by atoms with Crippen molar-refractivity contribution in [1.29, 1.82) is 0 Å². The van der Waals surface area contributed by atoms with Gasteiger partial charge in [-0.05, 0) is 13.3 Å². The summed E-state index contributed by atoms with van der Waals surface area (Å²) in [5.41, 5.74) is 1.10. The second kappa shape index (κ2) is 5.09. The lowest BCUT2D eigenvalue weighted by Crippen LogP contribution is -2.60. The van der Waals surface area contributed by atoms with E-state index in [1.165, 1.54) is 5.69 Å². The number of rotatable bonds is 4. The van der Waals surface area contributed by atoms with Crippen LogP contribution in [0, 0.1) is 0 Å². The third kappa shape index (κ3) is 2.08. The number of aromatic nitrogens is 2. The molecule has 110 valence electrons. The second-order valence-corrected chi connectivity index (χ2v) is 5.67. The topological polar surface area (TPSA) is 50.6 Å². The number of piperazine rings is 1. The van der Waals surface area contributed by atoms with Crippen LogP contribution in [0.25, 0.3) is 0 Å². The Bertz CT molecular complexity index is 501. The summed E-state index contributed by atoms with van der Waals surface area (Å²) in [4.78, 5) is 20.3. The normalized spacial score (nSPS) is 26.7. The van der Waals surface area contributed by atoms with Gasteiger partial charge in [-0.1, -0.05) is 6.92 Å². The minimum atomic E-state index is -0.148. The molecule has 1 aromatic heterocycles. The first-order valence-electron chi connectivity index (χ1n) is 7.34. The van der Waals surface area contributed by atoms with E-state index in [2.05, 4.69) is 28.3 Å². The van der Waals surface area contributed by atoms with Crippen LogP contribution in [0.1, 0.15) is 26.0 Å². The number of carbonyl (C=O) groups excluding carboxylic acids is 1. The number of hydrogen-bond donors (Lipinski definition) is 0. The van der Waals surface area contributed by atoms with Crippen molar-refractivity contribution in [2.45, 2.75) is 38.9 Å². The van der Waals surface area contributed by atoms with Gasteiger partial charge in [0.2, 0.25) is 0 Å². The molecule has 0 aliphatic carbocycles.